The van der Waals surface area contributed by atoms with Crippen molar-refractivity contribution in [2.75, 3.05) is 56.3 Å². The second-order valence-electron chi connectivity index (χ2n) is 13.1. The van der Waals surface area contributed by atoms with Gasteiger partial charge in [0.15, 0.2) is 9.84 Å². The zero-order valence-corrected chi connectivity index (χ0v) is 27.8. The van der Waals surface area contributed by atoms with Crippen molar-refractivity contribution in [2.24, 2.45) is 5.41 Å². The number of sulfone groups is 1. The Labute approximate surface area is 274 Å². The number of halogens is 3. The number of ether oxygens (including phenoxy) is 2. The molecule has 1 aromatic heterocycles. The fourth-order valence-corrected chi connectivity index (χ4v) is 8.21. The molecule has 0 bridgehead atoms. The first kappa shape index (κ1) is 33.5. The van der Waals surface area contributed by atoms with Crippen LogP contribution in [0.1, 0.15) is 51.1 Å². The number of nitrogens with one attached hydrogen (secondary N) is 2. The van der Waals surface area contributed by atoms with Crippen LogP contribution in [0.25, 0.3) is 10.9 Å². The van der Waals surface area contributed by atoms with Crippen LogP contribution >= 0.6 is 0 Å². The standard InChI is InChI=1S/C35H43F3N4O4S/c1-3-47(43,44)28-13-14-31(33(21-28)45-2)39-17-5-6-27-20-29-30(7-4-8-32(29)42(27)24-35(36,37)38)40-25-9-11-26(12-10-25)41-22-34(23-41)15-18-46-19-16-34/h4,7-8,13-14,20-21,25-26,39-40H,3,9-12,15-19,22-24H2,1-2H3/t25-,26+. The van der Waals surface area contributed by atoms with E-state index in [1.54, 1.807) is 31.2 Å². The summed E-state index contributed by atoms with van der Waals surface area (Å²) in [4.78, 5) is 2.80. The second-order valence-corrected chi connectivity index (χ2v) is 15.3. The average molecular weight is 673 g/mol. The van der Waals surface area contributed by atoms with Gasteiger partial charge in [0.2, 0.25) is 0 Å². The molecule has 0 radical (unpaired) electrons. The van der Waals surface area contributed by atoms with Crippen molar-refractivity contribution in [3.8, 4) is 17.6 Å². The number of likely N-dealkylation sites (tertiary alicyclic amines) is 1. The molecule has 0 atom stereocenters. The van der Waals surface area contributed by atoms with E-state index >= 15 is 0 Å². The van der Waals surface area contributed by atoms with Crippen LogP contribution in [-0.4, -0.2) is 81.9 Å². The van der Waals surface area contributed by atoms with Gasteiger partial charge in [-0.3, -0.25) is 4.90 Å². The number of rotatable bonds is 9. The summed E-state index contributed by atoms with van der Waals surface area (Å²) in [7, 11) is -1.97. The molecule has 2 N–H and O–H groups in total. The molecular formula is C35H43F3N4O4S. The zero-order valence-electron chi connectivity index (χ0n) is 27.0. The molecule has 1 saturated carbocycles. The fourth-order valence-electron chi connectivity index (χ4n) is 7.31. The number of fused-ring (bicyclic) bond motifs is 1. The average Bonchev–Trinajstić information content (AvgIpc) is 3.39. The molecule has 0 amide bonds. The number of alkyl halides is 3. The van der Waals surface area contributed by atoms with Crippen LogP contribution < -0.4 is 15.4 Å². The highest BCUT2D eigenvalue weighted by atomic mass is 32.2. The van der Waals surface area contributed by atoms with E-state index in [1.165, 1.54) is 36.9 Å². The maximum atomic E-state index is 13.7. The van der Waals surface area contributed by atoms with E-state index in [4.69, 9.17) is 9.47 Å². The Morgan fingerprint density at radius 1 is 1.04 bits per heavy atom. The zero-order chi connectivity index (χ0) is 33.2. The molecule has 0 unspecified atom stereocenters. The van der Waals surface area contributed by atoms with Crippen molar-refractivity contribution in [1.82, 2.24) is 9.47 Å². The molecule has 2 aromatic carbocycles. The van der Waals surface area contributed by atoms with Gasteiger partial charge in [-0.15, -0.1) is 0 Å². The number of hydrogen-bond acceptors (Lipinski definition) is 7. The van der Waals surface area contributed by atoms with Crippen LogP contribution in [-0.2, 0) is 21.1 Å². The number of methoxy groups -OCH3 is 1. The molecule has 47 heavy (non-hydrogen) atoms. The second kappa shape index (κ2) is 13.6. The van der Waals surface area contributed by atoms with Crippen molar-refractivity contribution in [3.63, 3.8) is 0 Å². The van der Waals surface area contributed by atoms with Crippen molar-refractivity contribution in [3.05, 3.63) is 48.2 Å². The van der Waals surface area contributed by atoms with Crippen LogP contribution in [0, 0.1) is 17.3 Å². The van der Waals surface area contributed by atoms with Gasteiger partial charge in [0.05, 0.1) is 41.2 Å². The summed E-state index contributed by atoms with van der Waals surface area (Å²) in [5, 5.41) is 7.46. The first-order valence-electron chi connectivity index (χ1n) is 16.4. The Morgan fingerprint density at radius 2 is 1.79 bits per heavy atom. The molecule has 3 fully saturated rings. The highest BCUT2D eigenvalue weighted by Crippen LogP contribution is 2.43. The van der Waals surface area contributed by atoms with Crippen molar-refractivity contribution >= 4 is 32.1 Å². The minimum Gasteiger partial charge on any atom is -0.495 e. The predicted octanol–water partition coefficient (Wildman–Crippen LogP) is 6.30. The Kier molecular flexibility index (Phi) is 9.70. The van der Waals surface area contributed by atoms with E-state index in [0.717, 1.165) is 62.8 Å². The van der Waals surface area contributed by atoms with Crippen LogP contribution in [0.5, 0.6) is 5.75 Å². The maximum absolute atomic E-state index is 13.7. The van der Waals surface area contributed by atoms with E-state index < -0.39 is 22.6 Å². The minimum absolute atomic E-state index is 0.0330. The lowest BCUT2D eigenvalue weighted by Crippen LogP contribution is -2.62. The summed E-state index contributed by atoms with van der Waals surface area (Å²) in [6.07, 6.45) is 2.17. The Balaban J connectivity index is 1.14. The van der Waals surface area contributed by atoms with Crippen LogP contribution in [0.15, 0.2) is 47.4 Å². The van der Waals surface area contributed by atoms with Gasteiger partial charge in [-0.05, 0) is 74.8 Å². The van der Waals surface area contributed by atoms with Crippen molar-refractivity contribution in [2.45, 2.75) is 75.1 Å². The molecule has 1 spiro atoms. The summed E-state index contributed by atoms with van der Waals surface area (Å²) >= 11 is 0. The van der Waals surface area contributed by atoms with Gasteiger partial charge in [0.25, 0.3) is 0 Å². The number of nitrogens with zero attached hydrogens (tertiary/aromatic N) is 2. The lowest BCUT2D eigenvalue weighted by molar-refractivity contribution is -0.140. The third kappa shape index (κ3) is 7.53. The van der Waals surface area contributed by atoms with Crippen LogP contribution in [0.2, 0.25) is 0 Å². The number of benzene rings is 2. The maximum Gasteiger partial charge on any atom is 0.406 e. The SMILES string of the molecule is CCS(=O)(=O)c1ccc(NCC#Cc2cc3c(N[C@H]4CC[C@@H](N5CC6(CCOCC6)C5)CC4)cccc3n2CC(F)(F)F)c(OC)c1. The molecule has 6 rings (SSSR count). The number of aromatic nitrogens is 1. The first-order valence-corrected chi connectivity index (χ1v) is 18.1. The van der Waals surface area contributed by atoms with Crippen molar-refractivity contribution in [1.29, 1.82) is 0 Å². The molecule has 254 valence electrons. The quantitative estimate of drug-likeness (QED) is 0.258. The topological polar surface area (TPSA) is 84.8 Å². The molecule has 8 nitrogen and oxygen atoms in total. The van der Waals surface area contributed by atoms with E-state index in [0.29, 0.717) is 28.4 Å². The van der Waals surface area contributed by atoms with E-state index in [1.807, 2.05) is 6.07 Å². The van der Waals surface area contributed by atoms with Crippen LogP contribution in [0.3, 0.4) is 0 Å². The molecule has 3 aliphatic rings. The van der Waals surface area contributed by atoms with Gasteiger partial charge in [-0.1, -0.05) is 18.9 Å². The molecule has 2 saturated heterocycles. The Morgan fingerprint density at radius 3 is 2.47 bits per heavy atom. The summed E-state index contributed by atoms with van der Waals surface area (Å²) in [5.41, 5.74) is 2.57. The highest BCUT2D eigenvalue weighted by molar-refractivity contribution is 7.91. The Hall–Kier alpha value is -3.40. The smallest absolute Gasteiger partial charge is 0.406 e. The lowest BCUT2D eigenvalue weighted by Gasteiger charge is -2.56. The largest absolute Gasteiger partial charge is 0.495 e. The summed E-state index contributed by atoms with van der Waals surface area (Å²) in [6.45, 7) is 4.65. The Bertz CT molecular complexity index is 1740. The van der Waals surface area contributed by atoms with Gasteiger partial charge in [0.1, 0.15) is 12.3 Å². The first-order chi connectivity index (χ1) is 22.5. The van der Waals surface area contributed by atoms with Crippen molar-refractivity contribution < 1.29 is 31.1 Å². The molecule has 12 heteroatoms. The summed E-state index contributed by atoms with van der Waals surface area (Å²) in [5.74, 6) is 6.18. The molecular weight excluding hydrogens is 629 g/mol. The minimum atomic E-state index is -4.42. The molecule has 3 aromatic rings. The third-order valence-corrected chi connectivity index (χ3v) is 11.7. The number of hydrogen-bond donors (Lipinski definition) is 2. The fraction of sp³-hybridized carbons (Fsp3) is 0.543. The van der Waals surface area contributed by atoms with E-state index in [-0.39, 0.29) is 28.9 Å². The van der Waals surface area contributed by atoms with Gasteiger partial charge in [-0.25, -0.2) is 8.42 Å². The normalized spacial score (nSPS) is 21.6. The molecule has 3 heterocycles. The van der Waals surface area contributed by atoms with E-state index in [2.05, 4.69) is 27.4 Å². The summed E-state index contributed by atoms with van der Waals surface area (Å²) < 4.78 is 77.8. The lowest BCUT2D eigenvalue weighted by atomic mass is 9.71. The molecule has 2 aliphatic heterocycles. The van der Waals surface area contributed by atoms with Gasteiger partial charge in [0, 0.05) is 60.9 Å². The highest BCUT2D eigenvalue weighted by Gasteiger charge is 2.46. The molecule has 1 aliphatic carbocycles. The van der Waals surface area contributed by atoms with E-state index in [9.17, 15) is 21.6 Å². The number of anilines is 2. The monoisotopic (exact) mass is 672 g/mol. The van der Waals surface area contributed by atoms with Gasteiger partial charge in [-0.2, -0.15) is 13.2 Å². The predicted molar refractivity (Wildman–Crippen MR) is 178 cm³/mol. The summed E-state index contributed by atoms with van der Waals surface area (Å²) in [6, 6.07) is 12.6. The van der Waals surface area contributed by atoms with Gasteiger partial charge < -0.3 is 24.7 Å². The van der Waals surface area contributed by atoms with Crippen LogP contribution in [0.4, 0.5) is 24.5 Å². The van der Waals surface area contributed by atoms with Gasteiger partial charge >= 0.3 is 6.18 Å². The third-order valence-electron chi connectivity index (χ3n) is 9.98.